The van der Waals surface area contributed by atoms with Gasteiger partial charge in [-0.2, -0.15) is 0 Å². The van der Waals surface area contributed by atoms with E-state index in [0.29, 0.717) is 0 Å². The second-order valence-corrected chi connectivity index (χ2v) is 5.79. The quantitative estimate of drug-likeness (QED) is 0.495. The standard InChI is InChI=1S/C18H24O6/c1-3-4-5-6-7-8-12(2)24-18(23)13-9-10-14(16(19)20)15(11-13)17(21)22/h9-12H,3-8H2,1-2H3,(H,19,20)(H,21,22). The zero-order valence-corrected chi connectivity index (χ0v) is 14.1. The highest BCUT2D eigenvalue weighted by molar-refractivity contribution is 6.03. The summed E-state index contributed by atoms with van der Waals surface area (Å²) in [6.45, 7) is 3.94. The minimum absolute atomic E-state index is 0.0373. The molecule has 0 spiro atoms. The van der Waals surface area contributed by atoms with E-state index in [0.717, 1.165) is 37.8 Å². The minimum atomic E-state index is -1.40. The summed E-state index contributed by atoms with van der Waals surface area (Å²) in [5.41, 5.74) is -0.748. The van der Waals surface area contributed by atoms with E-state index in [1.807, 2.05) is 0 Å². The summed E-state index contributed by atoms with van der Waals surface area (Å²) in [6, 6.07) is 3.42. The van der Waals surface area contributed by atoms with Crippen molar-refractivity contribution >= 4 is 17.9 Å². The van der Waals surface area contributed by atoms with Crippen LogP contribution in [-0.4, -0.2) is 34.2 Å². The van der Waals surface area contributed by atoms with E-state index in [4.69, 9.17) is 14.9 Å². The summed E-state index contributed by atoms with van der Waals surface area (Å²) in [5, 5.41) is 18.0. The highest BCUT2D eigenvalue weighted by Gasteiger charge is 2.20. The smallest absolute Gasteiger partial charge is 0.338 e. The van der Waals surface area contributed by atoms with Gasteiger partial charge >= 0.3 is 17.9 Å². The number of carboxylic acid groups (broad SMARTS) is 2. The molecule has 2 N–H and O–H groups in total. The summed E-state index contributed by atoms with van der Waals surface area (Å²) in [7, 11) is 0. The molecule has 0 amide bonds. The molecule has 0 radical (unpaired) electrons. The Kier molecular flexibility index (Phi) is 7.95. The Labute approximate surface area is 141 Å². The first kappa shape index (κ1) is 19.7. The summed E-state index contributed by atoms with van der Waals surface area (Å²) < 4.78 is 5.30. The fraction of sp³-hybridized carbons (Fsp3) is 0.500. The van der Waals surface area contributed by atoms with Gasteiger partial charge in [0, 0.05) is 0 Å². The van der Waals surface area contributed by atoms with E-state index in [-0.39, 0.29) is 17.2 Å². The van der Waals surface area contributed by atoms with Crippen molar-refractivity contribution in [2.24, 2.45) is 0 Å². The van der Waals surface area contributed by atoms with Gasteiger partial charge in [-0.05, 0) is 38.0 Å². The zero-order valence-electron chi connectivity index (χ0n) is 14.1. The number of carbonyl (C=O) groups is 3. The average Bonchev–Trinajstić information content (AvgIpc) is 2.53. The Morgan fingerprint density at radius 1 is 1.00 bits per heavy atom. The van der Waals surface area contributed by atoms with Crippen molar-refractivity contribution in [2.75, 3.05) is 0 Å². The lowest BCUT2D eigenvalue weighted by molar-refractivity contribution is 0.0318. The van der Waals surface area contributed by atoms with Crippen LogP contribution in [-0.2, 0) is 4.74 Å². The van der Waals surface area contributed by atoms with Gasteiger partial charge in [0.1, 0.15) is 0 Å². The molecular weight excluding hydrogens is 312 g/mol. The predicted octanol–water partition coefficient (Wildman–Crippen LogP) is 3.99. The van der Waals surface area contributed by atoms with Gasteiger partial charge in [0.05, 0.1) is 22.8 Å². The molecule has 1 rings (SSSR count). The molecule has 6 nitrogen and oxygen atoms in total. The van der Waals surface area contributed by atoms with Crippen molar-refractivity contribution in [3.05, 3.63) is 34.9 Å². The lowest BCUT2D eigenvalue weighted by atomic mass is 10.0. The third-order valence-electron chi connectivity index (χ3n) is 3.74. The third kappa shape index (κ3) is 6.02. The predicted molar refractivity (Wildman–Crippen MR) is 88.6 cm³/mol. The monoisotopic (exact) mass is 336 g/mol. The number of aromatic carboxylic acids is 2. The topological polar surface area (TPSA) is 101 Å². The number of hydrogen-bond acceptors (Lipinski definition) is 4. The van der Waals surface area contributed by atoms with Crippen LogP contribution in [0.2, 0.25) is 0 Å². The second-order valence-electron chi connectivity index (χ2n) is 5.79. The molecule has 1 atom stereocenters. The summed E-state index contributed by atoms with van der Waals surface area (Å²) in [5.74, 6) is -3.39. The molecule has 0 bridgehead atoms. The first-order valence-electron chi connectivity index (χ1n) is 8.18. The van der Waals surface area contributed by atoms with Crippen LogP contribution in [0.15, 0.2) is 18.2 Å². The maximum absolute atomic E-state index is 12.1. The van der Waals surface area contributed by atoms with Crippen LogP contribution in [0, 0.1) is 0 Å². The van der Waals surface area contributed by atoms with Gasteiger partial charge in [-0.25, -0.2) is 14.4 Å². The number of benzene rings is 1. The lowest BCUT2D eigenvalue weighted by Gasteiger charge is -2.13. The van der Waals surface area contributed by atoms with E-state index >= 15 is 0 Å². The molecule has 0 saturated heterocycles. The molecule has 0 heterocycles. The minimum Gasteiger partial charge on any atom is -0.478 e. The zero-order chi connectivity index (χ0) is 18.1. The van der Waals surface area contributed by atoms with Crippen molar-refractivity contribution in [3.8, 4) is 0 Å². The van der Waals surface area contributed by atoms with Crippen molar-refractivity contribution in [1.82, 2.24) is 0 Å². The van der Waals surface area contributed by atoms with E-state index in [2.05, 4.69) is 6.92 Å². The molecule has 0 saturated carbocycles. The average molecular weight is 336 g/mol. The molecule has 0 aromatic heterocycles. The molecule has 6 heteroatoms. The number of esters is 1. The molecule has 1 aromatic carbocycles. The van der Waals surface area contributed by atoms with Crippen molar-refractivity contribution < 1.29 is 29.3 Å². The van der Waals surface area contributed by atoms with Gasteiger partial charge in [0.25, 0.3) is 0 Å². The Balaban J connectivity index is 2.66. The maximum atomic E-state index is 12.1. The van der Waals surface area contributed by atoms with E-state index in [1.54, 1.807) is 6.92 Å². The number of carbonyl (C=O) groups excluding carboxylic acids is 1. The Morgan fingerprint density at radius 2 is 1.62 bits per heavy atom. The SMILES string of the molecule is CCCCCCCC(C)OC(=O)c1ccc(C(=O)O)c(C(=O)O)c1. The summed E-state index contributed by atoms with van der Waals surface area (Å²) in [6.07, 6.45) is 6.06. The number of carboxylic acids is 2. The fourth-order valence-electron chi connectivity index (χ4n) is 2.38. The van der Waals surface area contributed by atoms with E-state index < -0.39 is 23.5 Å². The van der Waals surface area contributed by atoms with Crippen LogP contribution in [0.4, 0.5) is 0 Å². The molecule has 0 aliphatic heterocycles. The largest absolute Gasteiger partial charge is 0.478 e. The Morgan fingerprint density at radius 3 is 2.21 bits per heavy atom. The van der Waals surface area contributed by atoms with Gasteiger partial charge in [-0.1, -0.05) is 32.6 Å². The van der Waals surface area contributed by atoms with Gasteiger partial charge in [0.2, 0.25) is 0 Å². The van der Waals surface area contributed by atoms with Crippen LogP contribution in [0.5, 0.6) is 0 Å². The highest BCUT2D eigenvalue weighted by Crippen LogP contribution is 2.16. The highest BCUT2D eigenvalue weighted by atomic mass is 16.5. The van der Waals surface area contributed by atoms with Crippen LogP contribution in [0.25, 0.3) is 0 Å². The van der Waals surface area contributed by atoms with Crippen molar-refractivity contribution in [3.63, 3.8) is 0 Å². The van der Waals surface area contributed by atoms with Gasteiger partial charge in [-0.15, -0.1) is 0 Å². The van der Waals surface area contributed by atoms with Crippen molar-refractivity contribution in [1.29, 1.82) is 0 Å². The molecule has 1 unspecified atom stereocenters. The Hall–Kier alpha value is -2.37. The second kappa shape index (κ2) is 9.70. The third-order valence-corrected chi connectivity index (χ3v) is 3.74. The first-order valence-corrected chi connectivity index (χ1v) is 8.18. The van der Waals surface area contributed by atoms with E-state index in [9.17, 15) is 14.4 Å². The molecule has 24 heavy (non-hydrogen) atoms. The van der Waals surface area contributed by atoms with Crippen LogP contribution < -0.4 is 0 Å². The first-order chi connectivity index (χ1) is 11.4. The number of unbranched alkanes of at least 4 members (excludes halogenated alkanes) is 4. The summed E-state index contributed by atoms with van der Waals surface area (Å²) in [4.78, 5) is 34.2. The lowest BCUT2D eigenvalue weighted by Crippen LogP contribution is -2.16. The van der Waals surface area contributed by atoms with Gasteiger partial charge < -0.3 is 14.9 Å². The van der Waals surface area contributed by atoms with Crippen LogP contribution in [0.3, 0.4) is 0 Å². The normalized spacial score (nSPS) is 11.8. The fourth-order valence-corrected chi connectivity index (χ4v) is 2.38. The summed E-state index contributed by atoms with van der Waals surface area (Å²) >= 11 is 0. The number of rotatable bonds is 10. The molecule has 1 aromatic rings. The van der Waals surface area contributed by atoms with Crippen LogP contribution >= 0.6 is 0 Å². The molecule has 0 fully saturated rings. The molecule has 132 valence electrons. The van der Waals surface area contributed by atoms with Gasteiger partial charge in [-0.3, -0.25) is 0 Å². The number of hydrogen-bond donors (Lipinski definition) is 2. The Bertz CT molecular complexity index is 593. The van der Waals surface area contributed by atoms with E-state index in [1.165, 1.54) is 18.9 Å². The molecule has 0 aliphatic rings. The number of ether oxygens (including phenoxy) is 1. The van der Waals surface area contributed by atoms with Crippen LogP contribution in [0.1, 0.15) is 83.4 Å². The maximum Gasteiger partial charge on any atom is 0.338 e. The molecule has 0 aliphatic carbocycles. The van der Waals surface area contributed by atoms with Gasteiger partial charge in [0.15, 0.2) is 0 Å². The van der Waals surface area contributed by atoms with Crippen molar-refractivity contribution in [2.45, 2.75) is 58.5 Å². The molecular formula is C18H24O6.